The second kappa shape index (κ2) is 6.51. The van der Waals surface area contributed by atoms with E-state index in [9.17, 15) is 0 Å². The lowest BCUT2D eigenvalue weighted by molar-refractivity contribution is 0.441. The summed E-state index contributed by atoms with van der Waals surface area (Å²) in [6, 6.07) is 3.61. The van der Waals surface area contributed by atoms with Crippen LogP contribution in [0.15, 0.2) is 54.1 Å². The molecule has 0 aliphatic rings. The van der Waals surface area contributed by atoms with E-state index in [1.165, 1.54) is 12.4 Å². The first-order valence-corrected chi connectivity index (χ1v) is 5.26. The van der Waals surface area contributed by atoms with Gasteiger partial charge >= 0.3 is 0 Å². The molecule has 0 aromatic carbocycles. The molecule has 0 spiro atoms. The third-order valence-corrected chi connectivity index (χ3v) is 1.87. The molecule has 0 unspecified atom stereocenters. The van der Waals surface area contributed by atoms with Crippen LogP contribution in [0.3, 0.4) is 0 Å². The van der Waals surface area contributed by atoms with Crippen molar-refractivity contribution in [3.05, 3.63) is 59.6 Å². The highest BCUT2D eigenvalue weighted by Crippen LogP contribution is 2.19. The number of nitriles is 1. The molecule has 1 aromatic heterocycles. The van der Waals surface area contributed by atoms with Gasteiger partial charge in [-0.25, -0.2) is 0 Å². The minimum absolute atomic E-state index is 0.348. The fourth-order valence-corrected chi connectivity index (χ4v) is 1.22. The lowest BCUT2D eigenvalue weighted by Gasteiger charge is -2.07. The van der Waals surface area contributed by atoms with Crippen molar-refractivity contribution in [3.8, 4) is 11.8 Å². The van der Waals surface area contributed by atoms with E-state index in [1.54, 1.807) is 24.3 Å². The van der Waals surface area contributed by atoms with Gasteiger partial charge in [-0.3, -0.25) is 4.98 Å². The van der Waals surface area contributed by atoms with E-state index < -0.39 is 0 Å². The molecule has 86 valence electrons. The van der Waals surface area contributed by atoms with Crippen LogP contribution >= 0.6 is 11.6 Å². The molecule has 17 heavy (non-hydrogen) atoms. The van der Waals surface area contributed by atoms with Crippen LogP contribution in [0.25, 0.3) is 0 Å². The topological polar surface area (TPSA) is 45.9 Å². The van der Waals surface area contributed by atoms with Crippen molar-refractivity contribution in [2.45, 2.75) is 6.92 Å². The predicted molar refractivity (Wildman–Crippen MR) is 67.5 cm³/mol. The summed E-state index contributed by atoms with van der Waals surface area (Å²) in [5, 5.41) is 9.25. The molecule has 1 aromatic rings. The summed E-state index contributed by atoms with van der Waals surface area (Å²) in [5.74, 6) is 0.884. The Morgan fingerprint density at radius 3 is 3.00 bits per heavy atom. The second-order valence-electron chi connectivity index (χ2n) is 3.08. The number of hydrogen-bond donors (Lipinski definition) is 0. The summed E-state index contributed by atoms with van der Waals surface area (Å²) in [7, 11) is 0. The van der Waals surface area contributed by atoms with Gasteiger partial charge in [-0.15, -0.1) is 0 Å². The van der Waals surface area contributed by atoms with Gasteiger partial charge in [-0.1, -0.05) is 24.3 Å². The average molecular weight is 247 g/mol. The molecule has 4 heteroatoms. The predicted octanol–water partition coefficient (Wildman–Crippen LogP) is 3.54. The Balaban J connectivity index is 3.03. The number of rotatable bonds is 4. The first-order valence-electron chi connectivity index (χ1n) is 4.88. The molecule has 0 bridgehead atoms. The van der Waals surface area contributed by atoms with Crippen molar-refractivity contribution in [2.24, 2.45) is 0 Å². The Kier molecular flexibility index (Phi) is 4.99. The molecule has 0 radical (unpaired) electrons. The normalized spacial score (nSPS) is 11.2. The standard InChI is InChI=1S/C13H11ClN2O/c1-3-4-12(7-10(2)14)17-13-9-16-6-5-11(13)8-15/h3-7,9H,2H2,1H3/b4-3-,12-7+. The highest BCUT2D eigenvalue weighted by Gasteiger charge is 2.04. The Hall–Kier alpha value is -2.05. The maximum Gasteiger partial charge on any atom is 0.163 e. The smallest absolute Gasteiger partial charge is 0.163 e. The zero-order valence-corrected chi connectivity index (χ0v) is 10.1. The van der Waals surface area contributed by atoms with Crippen molar-refractivity contribution in [1.29, 1.82) is 5.26 Å². The zero-order valence-electron chi connectivity index (χ0n) is 9.35. The summed E-state index contributed by atoms with van der Waals surface area (Å²) in [6.45, 7) is 5.41. The maximum absolute atomic E-state index is 8.90. The third-order valence-electron chi connectivity index (χ3n) is 1.76. The largest absolute Gasteiger partial charge is 0.454 e. The van der Waals surface area contributed by atoms with Crippen molar-refractivity contribution in [3.63, 3.8) is 0 Å². The number of pyridine rings is 1. The van der Waals surface area contributed by atoms with Gasteiger partial charge in [0.2, 0.25) is 0 Å². The Morgan fingerprint density at radius 2 is 2.41 bits per heavy atom. The van der Waals surface area contributed by atoms with E-state index in [0.29, 0.717) is 22.1 Å². The van der Waals surface area contributed by atoms with E-state index >= 15 is 0 Å². The molecule has 0 atom stereocenters. The summed E-state index contributed by atoms with van der Waals surface area (Å²) in [6.07, 6.45) is 8.10. The second-order valence-corrected chi connectivity index (χ2v) is 3.56. The van der Waals surface area contributed by atoms with Gasteiger partial charge in [0.1, 0.15) is 11.8 Å². The van der Waals surface area contributed by atoms with Crippen molar-refractivity contribution < 1.29 is 4.74 Å². The zero-order chi connectivity index (χ0) is 12.7. The summed E-state index contributed by atoms with van der Waals surface area (Å²) >= 11 is 5.68. The van der Waals surface area contributed by atoms with Crippen LogP contribution in [0.5, 0.6) is 5.75 Å². The Bertz CT molecular complexity index is 512. The first kappa shape index (κ1) is 13.0. The van der Waals surface area contributed by atoms with Crippen LogP contribution in [-0.4, -0.2) is 4.98 Å². The molecular formula is C13H11ClN2O. The molecule has 0 amide bonds. The monoisotopic (exact) mass is 246 g/mol. The average Bonchev–Trinajstić information content (AvgIpc) is 2.29. The Morgan fingerprint density at radius 1 is 1.65 bits per heavy atom. The van der Waals surface area contributed by atoms with Crippen LogP contribution in [0.2, 0.25) is 0 Å². The number of nitrogens with zero attached hydrogens (tertiary/aromatic N) is 2. The molecule has 0 N–H and O–H groups in total. The van der Waals surface area contributed by atoms with Crippen molar-refractivity contribution >= 4 is 11.6 Å². The van der Waals surface area contributed by atoms with Gasteiger partial charge in [-0.05, 0) is 25.1 Å². The van der Waals surface area contributed by atoms with E-state index in [0.717, 1.165) is 0 Å². The van der Waals surface area contributed by atoms with Gasteiger partial charge in [0.15, 0.2) is 5.75 Å². The molecular weight excluding hydrogens is 236 g/mol. The van der Waals surface area contributed by atoms with Crippen LogP contribution < -0.4 is 4.74 Å². The number of allylic oxidation sites excluding steroid dienone is 4. The van der Waals surface area contributed by atoms with Crippen molar-refractivity contribution in [1.82, 2.24) is 4.98 Å². The number of hydrogen-bond acceptors (Lipinski definition) is 3. The van der Waals surface area contributed by atoms with E-state index in [2.05, 4.69) is 11.6 Å². The summed E-state index contributed by atoms with van der Waals surface area (Å²) in [4.78, 5) is 3.90. The fourth-order valence-electron chi connectivity index (χ4n) is 1.11. The molecule has 1 heterocycles. The van der Waals surface area contributed by atoms with Gasteiger partial charge in [-0.2, -0.15) is 5.26 Å². The Labute approximate surface area is 105 Å². The fraction of sp³-hybridized carbons (Fsp3) is 0.0769. The van der Waals surface area contributed by atoms with Crippen LogP contribution in [0.1, 0.15) is 12.5 Å². The third kappa shape index (κ3) is 4.13. The minimum Gasteiger partial charge on any atom is -0.454 e. The number of halogens is 1. The lowest BCUT2D eigenvalue weighted by atomic mass is 10.3. The highest BCUT2D eigenvalue weighted by molar-refractivity contribution is 6.30. The van der Waals surface area contributed by atoms with E-state index in [1.807, 2.05) is 13.0 Å². The molecule has 1 rings (SSSR count). The van der Waals surface area contributed by atoms with E-state index in [4.69, 9.17) is 21.6 Å². The van der Waals surface area contributed by atoms with Gasteiger partial charge < -0.3 is 4.74 Å². The van der Waals surface area contributed by atoms with Crippen LogP contribution in [0.4, 0.5) is 0 Å². The van der Waals surface area contributed by atoms with Gasteiger partial charge in [0, 0.05) is 11.2 Å². The molecule has 0 aliphatic heterocycles. The first-order chi connectivity index (χ1) is 8.17. The van der Waals surface area contributed by atoms with Crippen LogP contribution in [-0.2, 0) is 0 Å². The molecule has 0 fully saturated rings. The molecule has 0 saturated carbocycles. The maximum atomic E-state index is 8.90. The minimum atomic E-state index is 0.348. The molecule has 0 saturated heterocycles. The highest BCUT2D eigenvalue weighted by atomic mass is 35.5. The van der Waals surface area contributed by atoms with Gasteiger partial charge in [0.05, 0.1) is 11.8 Å². The SMILES string of the molecule is C=C(Cl)/C=C(\C=C/C)Oc1cnccc1C#N. The quantitative estimate of drug-likeness (QED) is 0.603. The summed E-state index contributed by atoms with van der Waals surface area (Å²) < 4.78 is 5.53. The lowest BCUT2D eigenvalue weighted by Crippen LogP contribution is -1.95. The van der Waals surface area contributed by atoms with E-state index in [-0.39, 0.29) is 0 Å². The summed E-state index contributed by atoms with van der Waals surface area (Å²) in [5.41, 5.74) is 0.413. The van der Waals surface area contributed by atoms with Crippen molar-refractivity contribution in [2.75, 3.05) is 0 Å². The number of aromatic nitrogens is 1. The molecule has 3 nitrogen and oxygen atoms in total. The molecule has 0 aliphatic carbocycles. The number of ether oxygens (including phenoxy) is 1. The van der Waals surface area contributed by atoms with Gasteiger partial charge in [0.25, 0.3) is 0 Å². The van der Waals surface area contributed by atoms with Crippen LogP contribution in [0, 0.1) is 11.3 Å².